The van der Waals surface area contributed by atoms with Crippen LogP contribution < -0.4 is 10.1 Å². The number of nitrogens with one attached hydrogen (secondary N) is 1. The molecule has 5 nitrogen and oxygen atoms in total. The van der Waals surface area contributed by atoms with Gasteiger partial charge in [0, 0.05) is 0 Å². The molecule has 0 spiro atoms. The molecule has 0 aromatic heterocycles. The number of hydrogen-bond donors (Lipinski definition) is 2. The summed E-state index contributed by atoms with van der Waals surface area (Å²) in [7, 11) is 1.47. The Labute approximate surface area is 151 Å². The third-order valence-electron chi connectivity index (χ3n) is 3.86. The highest BCUT2D eigenvalue weighted by Crippen LogP contribution is 2.27. The van der Waals surface area contributed by atoms with Gasteiger partial charge in [-0.15, -0.1) is 0 Å². The zero-order valence-electron chi connectivity index (χ0n) is 14.1. The van der Waals surface area contributed by atoms with Gasteiger partial charge >= 0.3 is 5.97 Å². The molecule has 0 aliphatic heterocycles. The van der Waals surface area contributed by atoms with Crippen LogP contribution in [0.15, 0.2) is 42.5 Å². The molecule has 0 bridgehead atoms. The van der Waals surface area contributed by atoms with E-state index in [9.17, 15) is 14.7 Å². The van der Waals surface area contributed by atoms with Crippen molar-refractivity contribution in [2.45, 2.75) is 25.8 Å². The summed E-state index contributed by atoms with van der Waals surface area (Å²) in [6.45, 7) is 2.05. The third kappa shape index (κ3) is 4.97. The summed E-state index contributed by atoms with van der Waals surface area (Å²) in [5.41, 5.74) is 2.39. The quantitative estimate of drug-likeness (QED) is 0.792. The van der Waals surface area contributed by atoms with Crippen molar-refractivity contribution >= 4 is 23.5 Å². The number of amides is 1. The topological polar surface area (TPSA) is 75.6 Å². The molecule has 1 atom stereocenters. The van der Waals surface area contributed by atoms with Gasteiger partial charge in [-0.25, -0.2) is 4.79 Å². The molecule has 25 heavy (non-hydrogen) atoms. The fraction of sp³-hybridized carbons (Fsp3) is 0.263. The zero-order chi connectivity index (χ0) is 18.4. The average molecular weight is 362 g/mol. The molecular weight excluding hydrogens is 342 g/mol. The van der Waals surface area contributed by atoms with E-state index in [0.717, 1.165) is 12.0 Å². The maximum absolute atomic E-state index is 12.2. The van der Waals surface area contributed by atoms with Crippen LogP contribution in [0.5, 0.6) is 5.75 Å². The van der Waals surface area contributed by atoms with Gasteiger partial charge in [0.05, 0.1) is 18.6 Å². The molecule has 2 N–H and O–H groups in total. The van der Waals surface area contributed by atoms with Crippen molar-refractivity contribution in [1.29, 1.82) is 0 Å². The maximum atomic E-state index is 12.2. The summed E-state index contributed by atoms with van der Waals surface area (Å²) in [5, 5.41) is 12.3. The minimum Gasteiger partial charge on any atom is -0.495 e. The Morgan fingerprint density at radius 1 is 1.16 bits per heavy atom. The van der Waals surface area contributed by atoms with Crippen molar-refractivity contribution in [2.24, 2.45) is 0 Å². The summed E-state index contributed by atoms with van der Waals surface area (Å²) in [4.78, 5) is 23.8. The summed E-state index contributed by atoms with van der Waals surface area (Å²) in [6.07, 6.45) is 1.03. The molecule has 0 aliphatic rings. The Morgan fingerprint density at radius 3 is 2.32 bits per heavy atom. The lowest BCUT2D eigenvalue weighted by Crippen LogP contribution is -2.34. The standard InChI is InChI=1S/C19H20ClNO4/c1-3-12-4-6-13(7-5-12)10-17(22)21-18(19(23)24)14-8-9-16(25-2)15(20)11-14/h4-9,11,18H,3,10H2,1-2H3,(H,21,22)(H,23,24). The number of benzene rings is 2. The van der Waals surface area contributed by atoms with Crippen molar-refractivity contribution in [2.75, 3.05) is 7.11 Å². The number of aryl methyl sites for hydroxylation is 1. The minimum absolute atomic E-state index is 0.109. The predicted octanol–water partition coefficient (Wildman–Crippen LogP) is 3.40. The predicted molar refractivity (Wildman–Crippen MR) is 96.0 cm³/mol. The van der Waals surface area contributed by atoms with Crippen LogP contribution in [0.25, 0.3) is 0 Å². The van der Waals surface area contributed by atoms with Crippen molar-refractivity contribution in [1.82, 2.24) is 5.32 Å². The second-order valence-electron chi connectivity index (χ2n) is 5.58. The van der Waals surface area contributed by atoms with Gasteiger partial charge in [0.25, 0.3) is 0 Å². The van der Waals surface area contributed by atoms with E-state index >= 15 is 0 Å². The first kappa shape index (κ1) is 18.8. The molecular formula is C19H20ClNO4. The zero-order valence-corrected chi connectivity index (χ0v) is 14.8. The van der Waals surface area contributed by atoms with E-state index < -0.39 is 12.0 Å². The van der Waals surface area contributed by atoms with Gasteiger partial charge in [0.2, 0.25) is 5.91 Å². The highest BCUT2D eigenvalue weighted by molar-refractivity contribution is 6.32. The normalized spacial score (nSPS) is 11.6. The molecule has 2 aromatic carbocycles. The molecule has 0 saturated heterocycles. The van der Waals surface area contributed by atoms with Crippen LogP contribution in [-0.4, -0.2) is 24.1 Å². The second-order valence-corrected chi connectivity index (χ2v) is 5.99. The second kappa shape index (κ2) is 8.53. The van der Waals surface area contributed by atoms with Crippen LogP contribution in [0.1, 0.15) is 29.7 Å². The van der Waals surface area contributed by atoms with Gasteiger partial charge in [-0.2, -0.15) is 0 Å². The highest BCUT2D eigenvalue weighted by atomic mass is 35.5. The number of methoxy groups -OCH3 is 1. The van der Waals surface area contributed by atoms with E-state index in [-0.39, 0.29) is 17.4 Å². The smallest absolute Gasteiger partial charge is 0.330 e. The highest BCUT2D eigenvalue weighted by Gasteiger charge is 2.23. The Morgan fingerprint density at radius 2 is 1.80 bits per heavy atom. The van der Waals surface area contributed by atoms with Crippen LogP contribution in [0.2, 0.25) is 5.02 Å². The summed E-state index contributed by atoms with van der Waals surface area (Å²) < 4.78 is 5.05. The number of hydrogen-bond acceptors (Lipinski definition) is 3. The number of carbonyl (C=O) groups excluding carboxylic acids is 1. The number of halogens is 1. The van der Waals surface area contributed by atoms with E-state index in [1.165, 1.54) is 18.7 Å². The summed E-state index contributed by atoms with van der Waals surface area (Å²) in [5.74, 6) is -1.09. The largest absolute Gasteiger partial charge is 0.495 e. The van der Waals surface area contributed by atoms with Gasteiger partial charge in [-0.3, -0.25) is 4.79 Å². The number of rotatable bonds is 7. The van der Waals surface area contributed by atoms with Crippen molar-refractivity contribution in [3.8, 4) is 5.75 Å². The lowest BCUT2D eigenvalue weighted by Gasteiger charge is -2.16. The van der Waals surface area contributed by atoms with Crippen LogP contribution in [0.3, 0.4) is 0 Å². The van der Waals surface area contributed by atoms with Gasteiger partial charge < -0.3 is 15.2 Å². The van der Waals surface area contributed by atoms with Gasteiger partial charge in [0.1, 0.15) is 5.75 Å². The van der Waals surface area contributed by atoms with Crippen molar-refractivity contribution in [3.63, 3.8) is 0 Å². The van der Waals surface area contributed by atoms with Crippen LogP contribution in [0.4, 0.5) is 0 Å². The number of carbonyl (C=O) groups is 2. The van der Waals surface area contributed by atoms with Gasteiger partial charge in [-0.05, 0) is 35.2 Å². The monoisotopic (exact) mass is 361 g/mol. The van der Waals surface area contributed by atoms with Crippen LogP contribution >= 0.6 is 11.6 Å². The average Bonchev–Trinajstić information content (AvgIpc) is 2.60. The maximum Gasteiger partial charge on any atom is 0.330 e. The molecule has 2 rings (SSSR count). The van der Waals surface area contributed by atoms with E-state index in [0.29, 0.717) is 11.3 Å². The minimum atomic E-state index is -1.18. The third-order valence-corrected chi connectivity index (χ3v) is 4.15. The van der Waals surface area contributed by atoms with Crippen LogP contribution in [-0.2, 0) is 22.4 Å². The number of carboxylic acid groups (broad SMARTS) is 1. The molecule has 1 unspecified atom stereocenters. The first-order chi connectivity index (χ1) is 11.9. The molecule has 2 aromatic rings. The molecule has 0 heterocycles. The van der Waals surface area contributed by atoms with Crippen molar-refractivity contribution < 1.29 is 19.4 Å². The lowest BCUT2D eigenvalue weighted by molar-refractivity contribution is -0.141. The van der Waals surface area contributed by atoms with E-state index in [1.54, 1.807) is 12.1 Å². The van der Waals surface area contributed by atoms with Crippen LogP contribution in [0, 0.1) is 0 Å². The Bertz CT molecular complexity index is 759. The Kier molecular flexibility index (Phi) is 6.42. The number of ether oxygens (including phenoxy) is 1. The lowest BCUT2D eigenvalue weighted by atomic mass is 10.0. The van der Waals surface area contributed by atoms with E-state index in [1.807, 2.05) is 24.3 Å². The van der Waals surface area contributed by atoms with Gasteiger partial charge in [0.15, 0.2) is 6.04 Å². The fourth-order valence-corrected chi connectivity index (χ4v) is 2.71. The first-order valence-corrected chi connectivity index (χ1v) is 8.25. The molecule has 0 aliphatic carbocycles. The molecule has 0 fully saturated rings. The van der Waals surface area contributed by atoms with E-state index in [4.69, 9.17) is 16.3 Å². The summed E-state index contributed by atoms with van der Waals surface area (Å²) in [6, 6.07) is 11.1. The summed E-state index contributed by atoms with van der Waals surface area (Å²) >= 11 is 6.04. The molecule has 132 valence electrons. The fourth-order valence-electron chi connectivity index (χ4n) is 2.44. The molecule has 6 heteroatoms. The SMILES string of the molecule is CCc1ccc(CC(=O)NC(C(=O)O)c2ccc(OC)c(Cl)c2)cc1. The Hall–Kier alpha value is -2.53. The molecule has 1 amide bonds. The Balaban J connectivity index is 2.11. The van der Waals surface area contributed by atoms with Crippen molar-refractivity contribution in [3.05, 3.63) is 64.2 Å². The van der Waals surface area contributed by atoms with Gasteiger partial charge in [-0.1, -0.05) is 48.9 Å². The number of aliphatic carboxylic acids is 1. The number of carboxylic acids is 1. The molecule has 0 radical (unpaired) electrons. The van der Waals surface area contributed by atoms with E-state index in [2.05, 4.69) is 12.2 Å². The molecule has 0 saturated carbocycles. The first-order valence-electron chi connectivity index (χ1n) is 7.88.